The second-order valence-corrected chi connectivity index (χ2v) is 7.70. The Bertz CT molecular complexity index is 799. The zero-order valence-corrected chi connectivity index (χ0v) is 16.4. The largest absolute Gasteiger partial charge is 0.494 e. The lowest BCUT2D eigenvalue weighted by Crippen LogP contribution is -2.38. The first-order chi connectivity index (χ1) is 13.0. The standard InChI is InChI=1S/C20H24N2O4S/c1-3-10-26-16-8-4-14(5-9-16)18-21-17(12-27-18)19(23)22(15-6-7-15)11-13(2)20(24)25/h4-5,8-9,12-13,15H,3,6-7,10-11H2,1-2H3,(H,24,25). The number of rotatable bonds is 9. The molecular weight excluding hydrogens is 364 g/mol. The third-order valence-electron chi connectivity index (χ3n) is 4.44. The van der Waals surface area contributed by atoms with Gasteiger partial charge < -0.3 is 14.7 Å². The van der Waals surface area contributed by atoms with Crippen LogP contribution in [0.4, 0.5) is 0 Å². The summed E-state index contributed by atoms with van der Waals surface area (Å²) in [6, 6.07) is 7.81. The van der Waals surface area contributed by atoms with Gasteiger partial charge in [0.2, 0.25) is 0 Å². The maximum atomic E-state index is 12.9. The van der Waals surface area contributed by atoms with Gasteiger partial charge in [0, 0.05) is 23.5 Å². The maximum Gasteiger partial charge on any atom is 0.308 e. The zero-order chi connectivity index (χ0) is 19.4. The lowest BCUT2D eigenvalue weighted by Gasteiger charge is -2.23. The van der Waals surface area contributed by atoms with Gasteiger partial charge >= 0.3 is 5.97 Å². The van der Waals surface area contributed by atoms with E-state index < -0.39 is 11.9 Å². The first-order valence-corrected chi connectivity index (χ1v) is 10.1. The lowest BCUT2D eigenvalue weighted by molar-refractivity contribution is -0.141. The predicted molar refractivity (Wildman–Crippen MR) is 104 cm³/mol. The first kappa shape index (κ1) is 19.4. The molecule has 2 aromatic rings. The average Bonchev–Trinajstić information content (AvgIpc) is 3.39. The fourth-order valence-corrected chi connectivity index (χ4v) is 3.52. The van der Waals surface area contributed by atoms with E-state index >= 15 is 0 Å². The van der Waals surface area contributed by atoms with Gasteiger partial charge in [-0.25, -0.2) is 4.98 Å². The number of aromatic nitrogens is 1. The van der Waals surface area contributed by atoms with Crippen molar-refractivity contribution >= 4 is 23.2 Å². The SMILES string of the molecule is CCCOc1ccc(-c2nc(C(=O)N(CC(C)C(=O)O)C3CC3)cs2)cc1. The van der Waals surface area contributed by atoms with Crippen LogP contribution in [0.15, 0.2) is 29.6 Å². The molecule has 1 aromatic heterocycles. The Balaban J connectivity index is 1.72. The van der Waals surface area contributed by atoms with Crippen LogP contribution in [0.25, 0.3) is 10.6 Å². The molecule has 1 aliphatic rings. The Morgan fingerprint density at radius 1 is 1.33 bits per heavy atom. The highest BCUT2D eigenvalue weighted by Crippen LogP contribution is 2.31. The molecule has 3 rings (SSSR count). The maximum absolute atomic E-state index is 12.9. The van der Waals surface area contributed by atoms with Crippen LogP contribution in [-0.2, 0) is 4.79 Å². The molecule has 27 heavy (non-hydrogen) atoms. The highest BCUT2D eigenvalue weighted by atomic mass is 32.1. The molecule has 0 bridgehead atoms. The van der Waals surface area contributed by atoms with Crippen molar-refractivity contribution in [2.24, 2.45) is 5.92 Å². The van der Waals surface area contributed by atoms with Crippen molar-refractivity contribution in [3.63, 3.8) is 0 Å². The molecule has 0 aliphatic heterocycles. The molecule has 1 amide bonds. The third kappa shape index (κ3) is 4.86. The summed E-state index contributed by atoms with van der Waals surface area (Å²) in [4.78, 5) is 30.2. The van der Waals surface area contributed by atoms with E-state index in [0.717, 1.165) is 35.6 Å². The number of aliphatic carboxylic acids is 1. The molecule has 1 fully saturated rings. The lowest BCUT2D eigenvalue weighted by atomic mass is 10.1. The van der Waals surface area contributed by atoms with Crippen molar-refractivity contribution in [2.75, 3.05) is 13.2 Å². The third-order valence-corrected chi connectivity index (χ3v) is 5.33. The fourth-order valence-electron chi connectivity index (χ4n) is 2.72. The highest BCUT2D eigenvalue weighted by Gasteiger charge is 2.35. The molecular formula is C20H24N2O4S. The van der Waals surface area contributed by atoms with Crippen molar-refractivity contribution in [2.45, 2.75) is 39.2 Å². The molecule has 1 unspecified atom stereocenters. The monoisotopic (exact) mass is 388 g/mol. The van der Waals surface area contributed by atoms with Crippen LogP contribution in [0.3, 0.4) is 0 Å². The van der Waals surface area contributed by atoms with E-state index in [4.69, 9.17) is 9.84 Å². The Hall–Kier alpha value is -2.41. The predicted octanol–water partition coefficient (Wildman–Crippen LogP) is 3.92. The number of nitrogens with zero attached hydrogens (tertiary/aromatic N) is 2. The van der Waals surface area contributed by atoms with E-state index in [2.05, 4.69) is 11.9 Å². The molecule has 1 atom stereocenters. The number of thiazole rings is 1. The molecule has 1 heterocycles. The molecule has 144 valence electrons. The molecule has 0 spiro atoms. The molecule has 1 aliphatic carbocycles. The van der Waals surface area contributed by atoms with E-state index in [1.54, 1.807) is 17.2 Å². The number of carbonyl (C=O) groups excluding carboxylic acids is 1. The summed E-state index contributed by atoms with van der Waals surface area (Å²) < 4.78 is 5.58. The summed E-state index contributed by atoms with van der Waals surface area (Å²) in [5.74, 6) is -0.854. The fraction of sp³-hybridized carbons (Fsp3) is 0.450. The number of carboxylic acid groups (broad SMARTS) is 1. The van der Waals surface area contributed by atoms with E-state index in [-0.39, 0.29) is 18.5 Å². The van der Waals surface area contributed by atoms with E-state index in [9.17, 15) is 9.59 Å². The molecule has 6 nitrogen and oxygen atoms in total. The topological polar surface area (TPSA) is 79.7 Å². The smallest absolute Gasteiger partial charge is 0.308 e. The van der Waals surface area contributed by atoms with Gasteiger partial charge in [-0.3, -0.25) is 9.59 Å². The number of carbonyl (C=O) groups is 2. The Morgan fingerprint density at radius 3 is 2.63 bits per heavy atom. The van der Waals surface area contributed by atoms with Crippen LogP contribution in [0.1, 0.15) is 43.6 Å². The second kappa shape index (κ2) is 8.52. The number of carboxylic acids is 1. The summed E-state index contributed by atoms with van der Waals surface area (Å²) >= 11 is 1.41. The summed E-state index contributed by atoms with van der Waals surface area (Å²) in [5, 5.41) is 11.7. The number of hydrogen-bond acceptors (Lipinski definition) is 5. The van der Waals surface area contributed by atoms with Gasteiger partial charge in [-0.05, 0) is 43.5 Å². The molecule has 0 radical (unpaired) electrons. The molecule has 7 heteroatoms. The zero-order valence-electron chi connectivity index (χ0n) is 15.6. The van der Waals surface area contributed by atoms with Crippen LogP contribution in [0.5, 0.6) is 5.75 Å². The van der Waals surface area contributed by atoms with E-state index in [0.29, 0.717) is 12.3 Å². The summed E-state index contributed by atoms with van der Waals surface area (Å²) in [6.07, 6.45) is 2.81. The Morgan fingerprint density at radius 2 is 2.04 bits per heavy atom. The minimum absolute atomic E-state index is 0.138. The van der Waals surface area contributed by atoms with Crippen LogP contribution in [0.2, 0.25) is 0 Å². The summed E-state index contributed by atoms with van der Waals surface area (Å²) in [6.45, 7) is 4.58. The highest BCUT2D eigenvalue weighted by molar-refractivity contribution is 7.13. The normalized spacial score (nSPS) is 14.6. The van der Waals surface area contributed by atoms with Gasteiger partial charge in [-0.2, -0.15) is 0 Å². The quantitative estimate of drug-likeness (QED) is 0.704. The van der Waals surface area contributed by atoms with Gasteiger partial charge in [0.05, 0.1) is 12.5 Å². The van der Waals surface area contributed by atoms with Crippen molar-refractivity contribution < 1.29 is 19.4 Å². The Kier molecular flexibility index (Phi) is 6.11. The van der Waals surface area contributed by atoms with Gasteiger partial charge in [0.1, 0.15) is 16.5 Å². The van der Waals surface area contributed by atoms with Crippen molar-refractivity contribution in [1.29, 1.82) is 0 Å². The van der Waals surface area contributed by atoms with Gasteiger partial charge in [-0.1, -0.05) is 13.8 Å². The first-order valence-electron chi connectivity index (χ1n) is 9.22. The van der Waals surface area contributed by atoms with Gasteiger partial charge in [0.15, 0.2) is 0 Å². The number of amides is 1. The van der Waals surface area contributed by atoms with Crippen molar-refractivity contribution in [3.05, 3.63) is 35.3 Å². The minimum atomic E-state index is -0.891. The molecule has 1 saturated carbocycles. The van der Waals surface area contributed by atoms with E-state index in [1.807, 2.05) is 24.3 Å². The molecule has 0 saturated heterocycles. The van der Waals surface area contributed by atoms with Gasteiger partial charge in [-0.15, -0.1) is 11.3 Å². The van der Waals surface area contributed by atoms with Crippen molar-refractivity contribution in [3.8, 4) is 16.3 Å². The summed E-state index contributed by atoms with van der Waals surface area (Å²) in [5.41, 5.74) is 1.31. The van der Waals surface area contributed by atoms with Gasteiger partial charge in [0.25, 0.3) is 5.91 Å². The average molecular weight is 388 g/mol. The van der Waals surface area contributed by atoms with Crippen LogP contribution >= 0.6 is 11.3 Å². The minimum Gasteiger partial charge on any atom is -0.494 e. The van der Waals surface area contributed by atoms with E-state index in [1.165, 1.54) is 11.3 Å². The van der Waals surface area contributed by atoms with Crippen molar-refractivity contribution in [1.82, 2.24) is 9.88 Å². The Labute approximate surface area is 162 Å². The summed E-state index contributed by atoms with van der Waals surface area (Å²) in [7, 11) is 0. The number of ether oxygens (including phenoxy) is 1. The molecule has 1 aromatic carbocycles. The number of benzene rings is 1. The molecule has 1 N–H and O–H groups in total. The van der Waals surface area contributed by atoms with Crippen LogP contribution < -0.4 is 4.74 Å². The van der Waals surface area contributed by atoms with Crippen LogP contribution in [-0.4, -0.2) is 46.1 Å². The van der Waals surface area contributed by atoms with Crippen LogP contribution in [0, 0.1) is 5.92 Å². The number of hydrogen-bond donors (Lipinski definition) is 1. The second-order valence-electron chi connectivity index (χ2n) is 6.84.